The van der Waals surface area contributed by atoms with Crippen molar-refractivity contribution >= 4 is 5.69 Å². The summed E-state index contributed by atoms with van der Waals surface area (Å²) in [6, 6.07) is 11.0. The van der Waals surface area contributed by atoms with Crippen molar-refractivity contribution in [3.8, 4) is 11.1 Å². The fourth-order valence-electron chi connectivity index (χ4n) is 1.59. The van der Waals surface area contributed by atoms with Gasteiger partial charge in [0, 0.05) is 12.1 Å². The molecule has 0 spiro atoms. The highest BCUT2D eigenvalue weighted by molar-refractivity contribution is 5.65. The quantitative estimate of drug-likeness (QED) is 0.607. The molecule has 0 saturated heterocycles. The number of nitro benzene ring substituents is 1. The van der Waals surface area contributed by atoms with E-state index in [1.807, 2.05) is 0 Å². The summed E-state index contributed by atoms with van der Waals surface area (Å²) < 4.78 is 37.6. The fourth-order valence-corrected chi connectivity index (χ4v) is 1.59. The molecular formula is C13H7F3NO2. The van der Waals surface area contributed by atoms with Gasteiger partial charge in [-0.25, -0.2) is 0 Å². The van der Waals surface area contributed by atoms with Gasteiger partial charge >= 0.3 is 6.18 Å². The zero-order valence-electron chi connectivity index (χ0n) is 9.44. The largest absolute Gasteiger partial charge is 0.417 e. The highest BCUT2D eigenvalue weighted by Crippen LogP contribution is 2.32. The summed E-state index contributed by atoms with van der Waals surface area (Å²) in [4.78, 5) is 9.92. The molecule has 1 radical (unpaired) electrons. The minimum absolute atomic E-state index is 0.109. The molecule has 0 aliphatic carbocycles. The predicted octanol–water partition coefficient (Wildman–Crippen LogP) is 4.08. The Kier molecular flexibility index (Phi) is 3.25. The van der Waals surface area contributed by atoms with Crippen molar-refractivity contribution in [1.82, 2.24) is 0 Å². The minimum Gasteiger partial charge on any atom is -0.258 e. The van der Waals surface area contributed by atoms with Gasteiger partial charge in [-0.1, -0.05) is 12.1 Å². The predicted molar refractivity (Wildman–Crippen MR) is 62.4 cm³/mol. The molecular weight excluding hydrogens is 259 g/mol. The highest BCUT2D eigenvalue weighted by atomic mass is 19.4. The molecule has 0 bridgehead atoms. The van der Waals surface area contributed by atoms with Gasteiger partial charge in [0.25, 0.3) is 5.69 Å². The van der Waals surface area contributed by atoms with E-state index in [0.29, 0.717) is 11.1 Å². The first-order valence-electron chi connectivity index (χ1n) is 5.22. The molecule has 97 valence electrons. The highest BCUT2D eigenvalue weighted by Gasteiger charge is 2.30. The van der Waals surface area contributed by atoms with Gasteiger partial charge < -0.3 is 0 Å². The van der Waals surface area contributed by atoms with Gasteiger partial charge in [-0.2, -0.15) is 13.2 Å². The molecule has 0 aliphatic rings. The molecule has 0 saturated carbocycles. The lowest BCUT2D eigenvalue weighted by atomic mass is 10.0. The summed E-state index contributed by atoms with van der Waals surface area (Å²) in [7, 11) is 0. The Bertz CT molecular complexity index is 606. The Morgan fingerprint density at radius 3 is 2.21 bits per heavy atom. The number of halogens is 3. The number of alkyl halides is 3. The van der Waals surface area contributed by atoms with Crippen molar-refractivity contribution in [2.24, 2.45) is 0 Å². The summed E-state index contributed by atoms with van der Waals surface area (Å²) in [6.45, 7) is 0. The van der Waals surface area contributed by atoms with Crippen LogP contribution in [-0.4, -0.2) is 4.92 Å². The van der Waals surface area contributed by atoms with Crippen LogP contribution >= 0.6 is 0 Å². The summed E-state index contributed by atoms with van der Waals surface area (Å²) in [5.74, 6) is 0. The van der Waals surface area contributed by atoms with E-state index in [9.17, 15) is 23.3 Å². The molecule has 0 heterocycles. The molecule has 0 aliphatic heterocycles. The lowest BCUT2D eigenvalue weighted by Crippen LogP contribution is -2.04. The van der Waals surface area contributed by atoms with E-state index in [0.717, 1.165) is 6.07 Å². The van der Waals surface area contributed by atoms with Crippen LogP contribution in [0.25, 0.3) is 11.1 Å². The van der Waals surface area contributed by atoms with Gasteiger partial charge in [0.15, 0.2) is 0 Å². The second-order valence-corrected chi connectivity index (χ2v) is 3.79. The molecule has 0 atom stereocenters. The average molecular weight is 266 g/mol. The van der Waals surface area contributed by atoms with Crippen LogP contribution in [0.2, 0.25) is 0 Å². The summed E-state index contributed by atoms with van der Waals surface area (Å²) in [5.41, 5.74) is -0.170. The first-order chi connectivity index (χ1) is 8.88. The van der Waals surface area contributed by atoms with Crippen LogP contribution in [-0.2, 0) is 6.18 Å². The Labute approximate surface area is 106 Å². The van der Waals surface area contributed by atoms with Crippen LogP contribution < -0.4 is 0 Å². The Balaban J connectivity index is 2.39. The van der Waals surface area contributed by atoms with Crippen LogP contribution in [0.1, 0.15) is 5.56 Å². The normalized spacial score (nSPS) is 11.3. The summed E-state index contributed by atoms with van der Waals surface area (Å²) in [5, 5.41) is 10.5. The van der Waals surface area contributed by atoms with Crippen LogP contribution in [0.3, 0.4) is 0 Å². The van der Waals surface area contributed by atoms with Crippen LogP contribution in [0.15, 0.2) is 42.5 Å². The molecule has 0 aromatic heterocycles. The third kappa shape index (κ3) is 2.90. The zero-order chi connectivity index (χ0) is 14.0. The van der Waals surface area contributed by atoms with Crippen molar-refractivity contribution < 1.29 is 18.1 Å². The van der Waals surface area contributed by atoms with Gasteiger partial charge in [-0.15, -0.1) is 0 Å². The molecule has 0 fully saturated rings. The molecule has 2 aromatic carbocycles. The zero-order valence-corrected chi connectivity index (χ0v) is 9.44. The van der Waals surface area contributed by atoms with Gasteiger partial charge in [0.05, 0.1) is 10.5 Å². The molecule has 0 amide bonds. The van der Waals surface area contributed by atoms with Gasteiger partial charge in [0.1, 0.15) is 0 Å². The maximum absolute atomic E-state index is 12.5. The second kappa shape index (κ2) is 4.72. The van der Waals surface area contributed by atoms with E-state index < -0.39 is 16.7 Å². The van der Waals surface area contributed by atoms with E-state index >= 15 is 0 Å². The number of nitro groups is 1. The van der Waals surface area contributed by atoms with Crippen LogP contribution in [0.5, 0.6) is 0 Å². The number of non-ortho nitro benzene ring substituents is 1. The molecule has 2 aromatic rings. The van der Waals surface area contributed by atoms with E-state index in [1.165, 1.54) is 36.4 Å². The standard InChI is InChI=1S/C13H7F3NO2/c14-13(15,16)11-3-1-2-10(8-11)9-4-6-12(7-5-9)17(18)19/h1-2,4-8H. The molecule has 2 rings (SSSR count). The maximum atomic E-state index is 12.5. The van der Waals surface area contributed by atoms with Crippen LogP contribution in [0.4, 0.5) is 18.9 Å². The van der Waals surface area contributed by atoms with Crippen molar-refractivity contribution in [2.45, 2.75) is 6.18 Å². The monoisotopic (exact) mass is 266 g/mol. The first kappa shape index (κ1) is 13.1. The number of hydrogen-bond donors (Lipinski definition) is 0. The van der Waals surface area contributed by atoms with E-state index in [4.69, 9.17) is 0 Å². The number of benzene rings is 2. The fraction of sp³-hybridized carbons (Fsp3) is 0.0769. The number of nitrogens with zero attached hydrogens (tertiary/aromatic N) is 1. The Hall–Kier alpha value is -2.37. The van der Waals surface area contributed by atoms with Gasteiger partial charge in [-0.3, -0.25) is 10.1 Å². The topological polar surface area (TPSA) is 43.1 Å². The summed E-state index contributed by atoms with van der Waals surface area (Å²) >= 11 is 0. The van der Waals surface area contributed by atoms with E-state index in [2.05, 4.69) is 6.07 Å². The minimum atomic E-state index is -4.46. The maximum Gasteiger partial charge on any atom is 0.417 e. The van der Waals surface area contributed by atoms with E-state index in [-0.39, 0.29) is 5.69 Å². The summed E-state index contributed by atoms with van der Waals surface area (Å²) in [6.07, 6.45) is -4.46. The second-order valence-electron chi connectivity index (χ2n) is 3.79. The molecule has 3 nitrogen and oxygen atoms in total. The molecule has 19 heavy (non-hydrogen) atoms. The smallest absolute Gasteiger partial charge is 0.258 e. The Morgan fingerprint density at radius 1 is 1.05 bits per heavy atom. The molecule has 6 heteroatoms. The van der Waals surface area contributed by atoms with Crippen LogP contribution in [0, 0.1) is 16.2 Å². The lowest BCUT2D eigenvalue weighted by Gasteiger charge is -2.08. The first-order valence-corrected chi connectivity index (χ1v) is 5.22. The van der Waals surface area contributed by atoms with Crippen molar-refractivity contribution in [3.05, 3.63) is 64.2 Å². The third-order valence-electron chi connectivity index (χ3n) is 2.52. The van der Waals surface area contributed by atoms with E-state index in [1.54, 1.807) is 0 Å². The van der Waals surface area contributed by atoms with Gasteiger partial charge in [0.2, 0.25) is 0 Å². The molecule has 0 N–H and O–H groups in total. The SMILES string of the molecule is O=[N+]([O-])c1ccc(-c2cc[c]c(C(F)(F)F)c2)cc1. The number of rotatable bonds is 2. The van der Waals surface area contributed by atoms with Crippen molar-refractivity contribution in [3.63, 3.8) is 0 Å². The molecule has 0 unspecified atom stereocenters. The third-order valence-corrected chi connectivity index (χ3v) is 2.52. The average Bonchev–Trinajstić information content (AvgIpc) is 2.38. The van der Waals surface area contributed by atoms with Crippen molar-refractivity contribution in [2.75, 3.05) is 0 Å². The Morgan fingerprint density at radius 2 is 1.68 bits per heavy atom. The van der Waals surface area contributed by atoms with Crippen molar-refractivity contribution in [1.29, 1.82) is 0 Å². The number of hydrogen-bond acceptors (Lipinski definition) is 2. The lowest BCUT2D eigenvalue weighted by molar-refractivity contribution is -0.384. The van der Waals surface area contributed by atoms with Gasteiger partial charge in [-0.05, 0) is 35.4 Å².